The highest BCUT2D eigenvalue weighted by molar-refractivity contribution is 5.94. The zero-order chi connectivity index (χ0) is 19.3. The normalized spacial score (nSPS) is 22.8. The molecule has 1 fully saturated rings. The van der Waals surface area contributed by atoms with Crippen LogP contribution in [0.4, 0.5) is 0 Å². The van der Waals surface area contributed by atoms with E-state index in [9.17, 15) is 15.0 Å². The maximum Gasteiger partial charge on any atom is 0.253 e. The monoisotopic (exact) mass is 373 g/mol. The van der Waals surface area contributed by atoms with Crippen molar-refractivity contribution in [3.8, 4) is 11.3 Å². The van der Waals surface area contributed by atoms with Gasteiger partial charge in [0.2, 0.25) is 0 Å². The molecule has 0 bridgehead atoms. The molecule has 1 aromatic carbocycles. The standard InChI is InChI=1S/C20H27N3O4/c1-27-12-2-9-20(14-24)13-23(11-8-18(20)25)19(26)16-5-3-15(4-6-16)17-7-10-21-22-17/h3-7,10,18,24-25H,2,8-9,11-14H2,1H3,(H,21,22)/t18-,20+/m1/s1. The van der Waals surface area contributed by atoms with E-state index >= 15 is 0 Å². The SMILES string of the molecule is COCCC[C@@]1(CO)CN(C(=O)c2ccc(-c3ccn[nH]3)cc2)CC[C@H]1O. The summed E-state index contributed by atoms with van der Waals surface area (Å²) < 4.78 is 5.09. The summed E-state index contributed by atoms with van der Waals surface area (Å²) in [6, 6.07) is 9.25. The van der Waals surface area contributed by atoms with Gasteiger partial charge in [0.1, 0.15) is 0 Å². The van der Waals surface area contributed by atoms with Crippen LogP contribution in [0, 0.1) is 5.41 Å². The fourth-order valence-corrected chi connectivity index (χ4v) is 3.76. The smallest absolute Gasteiger partial charge is 0.253 e. The number of rotatable bonds is 7. The number of aromatic amines is 1. The van der Waals surface area contributed by atoms with Crippen LogP contribution in [0.15, 0.2) is 36.5 Å². The zero-order valence-corrected chi connectivity index (χ0v) is 15.6. The van der Waals surface area contributed by atoms with E-state index < -0.39 is 11.5 Å². The van der Waals surface area contributed by atoms with Gasteiger partial charge < -0.3 is 19.8 Å². The Labute approximate surface area is 159 Å². The fraction of sp³-hybridized carbons (Fsp3) is 0.500. The minimum atomic E-state index is -0.692. The molecule has 2 heterocycles. The number of aliphatic hydroxyl groups is 2. The highest BCUT2D eigenvalue weighted by Crippen LogP contribution is 2.35. The molecule has 0 radical (unpaired) electrons. The maximum absolute atomic E-state index is 13.0. The molecule has 1 saturated heterocycles. The first kappa shape index (κ1) is 19.5. The summed E-state index contributed by atoms with van der Waals surface area (Å²) in [5.74, 6) is -0.0809. The van der Waals surface area contributed by atoms with Crippen LogP contribution < -0.4 is 0 Å². The molecule has 1 amide bonds. The van der Waals surface area contributed by atoms with Crippen molar-refractivity contribution in [2.45, 2.75) is 25.4 Å². The molecule has 0 unspecified atom stereocenters. The largest absolute Gasteiger partial charge is 0.396 e. The summed E-state index contributed by atoms with van der Waals surface area (Å²) in [5, 5.41) is 27.3. The minimum absolute atomic E-state index is 0.0809. The van der Waals surface area contributed by atoms with Crippen molar-refractivity contribution in [1.82, 2.24) is 15.1 Å². The number of nitrogens with one attached hydrogen (secondary N) is 1. The Balaban J connectivity index is 1.72. The highest BCUT2D eigenvalue weighted by Gasteiger charge is 2.43. The van der Waals surface area contributed by atoms with Crippen LogP contribution in [0.25, 0.3) is 11.3 Å². The highest BCUT2D eigenvalue weighted by atomic mass is 16.5. The summed E-state index contributed by atoms with van der Waals surface area (Å²) in [6.45, 7) is 1.24. The van der Waals surface area contributed by atoms with Crippen molar-refractivity contribution < 1.29 is 19.7 Å². The van der Waals surface area contributed by atoms with E-state index in [1.807, 2.05) is 18.2 Å². The Kier molecular flexibility index (Phi) is 6.26. The van der Waals surface area contributed by atoms with Gasteiger partial charge in [0.05, 0.1) is 18.4 Å². The molecule has 0 spiro atoms. The van der Waals surface area contributed by atoms with Crippen molar-refractivity contribution in [2.75, 3.05) is 33.4 Å². The molecular weight excluding hydrogens is 346 g/mol. The molecule has 0 aliphatic carbocycles. The Morgan fingerprint density at radius 1 is 1.37 bits per heavy atom. The molecule has 1 aromatic heterocycles. The van der Waals surface area contributed by atoms with Crippen molar-refractivity contribution in [3.63, 3.8) is 0 Å². The molecular formula is C20H27N3O4. The topological polar surface area (TPSA) is 98.7 Å². The maximum atomic E-state index is 13.0. The van der Waals surface area contributed by atoms with Gasteiger partial charge in [-0.05, 0) is 43.0 Å². The van der Waals surface area contributed by atoms with Gasteiger partial charge in [0.15, 0.2) is 0 Å². The van der Waals surface area contributed by atoms with Gasteiger partial charge in [-0.2, -0.15) is 5.10 Å². The number of H-pyrrole nitrogens is 1. The number of aliphatic hydroxyl groups excluding tert-OH is 2. The quantitative estimate of drug-likeness (QED) is 0.642. The zero-order valence-electron chi connectivity index (χ0n) is 15.6. The van der Waals surface area contributed by atoms with E-state index in [-0.39, 0.29) is 12.5 Å². The minimum Gasteiger partial charge on any atom is -0.396 e. The van der Waals surface area contributed by atoms with Crippen molar-refractivity contribution in [1.29, 1.82) is 0 Å². The summed E-state index contributed by atoms with van der Waals surface area (Å²) >= 11 is 0. The number of carbonyl (C=O) groups excluding carboxylic acids is 1. The van der Waals surface area contributed by atoms with Gasteiger partial charge in [-0.1, -0.05) is 12.1 Å². The predicted octanol–water partition coefficient (Wildman–Crippen LogP) is 1.69. The average molecular weight is 373 g/mol. The van der Waals surface area contributed by atoms with Crippen molar-refractivity contribution in [3.05, 3.63) is 42.1 Å². The van der Waals surface area contributed by atoms with Crippen LogP contribution in [0.2, 0.25) is 0 Å². The molecule has 2 atom stereocenters. The second-order valence-electron chi connectivity index (χ2n) is 7.20. The molecule has 7 nitrogen and oxygen atoms in total. The lowest BCUT2D eigenvalue weighted by molar-refractivity contribution is -0.0745. The van der Waals surface area contributed by atoms with E-state index in [4.69, 9.17) is 4.74 Å². The van der Waals surface area contributed by atoms with Gasteiger partial charge >= 0.3 is 0 Å². The Hall–Kier alpha value is -2.22. The number of ether oxygens (including phenoxy) is 1. The van der Waals surface area contributed by atoms with Gasteiger partial charge in [-0.15, -0.1) is 0 Å². The average Bonchev–Trinajstić information content (AvgIpc) is 3.24. The summed E-state index contributed by atoms with van der Waals surface area (Å²) in [4.78, 5) is 14.7. The Morgan fingerprint density at radius 3 is 2.78 bits per heavy atom. The van der Waals surface area contributed by atoms with E-state index in [2.05, 4.69) is 10.2 Å². The van der Waals surface area contributed by atoms with E-state index in [1.54, 1.807) is 30.3 Å². The number of hydrogen-bond donors (Lipinski definition) is 3. The number of benzene rings is 1. The molecule has 1 aliphatic rings. The lowest BCUT2D eigenvalue weighted by Gasteiger charge is -2.45. The van der Waals surface area contributed by atoms with Gasteiger partial charge in [-0.3, -0.25) is 9.89 Å². The summed E-state index contributed by atoms with van der Waals surface area (Å²) in [5.41, 5.74) is 1.76. The third-order valence-electron chi connectivity index (χ3n) is 5.45. The Bertz CT molecular complexity index is 732. The second kappa shape index (κ2) is 8.65. The van der Waals surface area contributed by atoms with Crippen LogP contribution in [0.3, 0.4) is 0 Å². The number of aromatic nitrogens is 2. The lowest BCUT2D eigenvalue weighted by atomic mass is 9.74. The van der Waals surface area contributed by atoms with Crippen LogP contribution in [0.1, 0.15) is 29.6 Å². The number of piperidine rings is 1. The molecule has 27 heavy (non-hydrogen) atoms. The first-order chi connectivity index (χ1) is 13.1. The number of nitrogens with zero attached hydrogens (tertiary/aromatic N) is 2. The molecule has 0 saturated carbocycles. The van der Waals surface area contributed by atoms with Gasteiger partial charge in [0.25, 0.3) is 5.91 Å². The first-order valence-electron chi connectivity index (χ1n) is 9.26. The Morgan fingerprint density at radius 2 is 2.15 bits per heavy atom. The van der Waals surface area contributed by atoms with Gasteiger partial charge in [-0.25, -0.2) is 0 Å². The molecule has 2 aromatic rings. The van der Waals surface area contributed by atoms with Gasteiger partial charge in [0, 0.05) is 44.0 Å². The van der Waals surface area contributed by atoms with E-state index in [0.717, 1.165) is 17.7 Å². The fourth-order valence-electron chi connectivity index (χ4n) is 3.76. The van der Waals surface area contributed by atoms with Crippen LogP contribution in [0.5, 0.6) is 0 Å². The third-order valence-corrected chi connectivity index (χ3v) is 5.45. The van der Waals surface area contributed by atoms with Crippen LogP contribution >= 0.6 is 0 Å². The first-order valence-corrected chi connectivity index (χ1v) is 9.26. The summed E-state index contributed by atoms with van der Waals surface area (Å²) in [7, 11) is 1.63. The number of methoxy groups -OCH3 is 1. The summed E-state index contributed by atoms with van der Waals surface area (Å²) in [6.07, 6.45) is 2.87. The number of hydrogen-bond acceptors (Lipinski definition) is 5. The number of carbonyl (C=O) groups is 1. The number of amides is 1. The van der Waals surface area contributed by atoms with E-state index in [0.29, 0.717) is 38.1 Å². The van der Waals surface area contributed by atoms with Crippen molar-refractivity contribution in [2.24, 2.45) is 5.41 Å². The molecule has 1 aliphatic heterocycles. The predicted molar refractivity (Wildman–Crippen MR) is 101 cm³/mol. The molecule has 3 rings (SSSR count). The van der Waals surface area contributed by atoms with Crippen molar-refractivity contribution >= 4 is 5.91 Å². The lowest BCUT2D eigenvalue weighted by Crippen LogP contribution is -2.55. The third kappa shape index (κ3) is 4.21. The van der Waals surface area contributed by atoms with Crippen LogP contribution in [-0.4, -0.2) is 70.7 Å². The molecule has 7 heteroatoms. The number of likely N-dealkylation sites (tertiary alicyclic amines) is 1. The molecule has 3 N–H and O–H groups in total. The van der Waals surface area contributed by atoms with E-state index in [1.165, 1.54) is 0 Å². The second-order valence-corrected chi connectivity index (χ2v) is 7.20. The molecule has 146 valence electrons. The van der Waals surface area contributed by atoms with Crippen LogP contribution in [-0.2, 0) is 4.74 Å².